The number of fused-ring (bicyclic) bond motifs is 2. The van der Waals surface area contributed by atoms with Crippen LogP contribution in [-0.2, 0) is 30.6 Å². The lowest BCUT2D eigenvalue weighted by Crippen LogP contribution is -2.71. The Kier molecular flexibility index (Phi) is 7.96. The Balaban J connectivity index is 1.32. The van der Waals surface area contributed by atoms with Crippen molar-refractivity contribution in [3.63, 3.8) is 0 Å². The van der Waals surface area contributed by atoms with E-state index in [0.29, 0.717) is 16.6 Å². The monoisotopic (exact) mass is 643 g/mol. The van der Waals surface area contributed by atoms with Gasteiger partial charge in [0.1, 0.15) is 17.1 Å². The zero-order chi connectivity index (χ0) is 31.9. The van der Waals surface area contributed by atoms with Crippen LogP contribution in [0.2, 0.25) is 0 Å². The lowest BCUT2D eigenvalue weighted by atomic mass is 10.0. The summed E-state index contributed by atoms with van der Waals surface area (Å²) in [5.41, 5.74) is 4.86. The molecule has 7 N–H and O–H groups in total. The highest BCUT2D eigenvalue weighted by Gasteiger charge is 2.52. The van der Waals surface area contributed by atoms with Crippen molar-refractivity contribution in [3.8, 4) is 11.5 Å². The summed E-state index contributed by atoms with van der Waals surface area (Å²) in [4.78, 5) is 64.5. The zero-order valence-corrected chi connectivity index (χ0v) is 24.6. The van der Waals surface area contributed by atoms with Crippen LogP contribution in [0.5, 0.6) is 11.5 Å². The number of allylic oxidation sites excluding steroid dienone is 1. The largest absolute Gasteiger partial charge is 0.504 e. The summed E-state index contributed by atoms with van der Waals surface area (Å²) < 4.78 is 1.68. The number of nitrogens with zero attached hydrogens (tertiary/aromatic N) is 5. The van der Waals surface area contributed by atoms with Crippen LogP contribution in [-0.4, -0.2) is 92.9 Å². The molecule has 0 spiro atoms. The molecule has 5 rings (SSSR count). The number of benzene rings is 1. The molecule has 0 radical (unpaired) electrons. The minimum absolute atomic E-state index is 0.00217. The first kappa shape index (κ1) is 30.4. The van der Waals surface area contributed by atoms with E-state index in [-0.39, 0.29) is 40.3 Å². The Morgan fingerprint density at radius 3 is 2.64 bits per heavy atom. The van der Waals surface area contributed by atoms with Gasteiger partial charge in [-0.3, -0.25) is 9.59 Å². The third kappa shape index (κ3) is 5.76. The molecule has 2 aromatic heterocycles. The lowest BCUT2D eigenvalue weighted by molar-refractivity contribution is -0.161. The molecule has 2 atom stereocenters. The predicted molar refractivity (Wildman–Crippen MR) is 158 cm³/mol. The number of aromatic nitrogens is 3. The van der Waals surface area contributed by atoms with Gasteiger partial charge in [0.05, 0.1) is 22.3 Å². The number of carboxylic acids is 2. The van der Waals surface area contributed by atoms with Gasteiger partial charge in [0, 0.05) is 30.6 Å². The van der Waals surface area contributed by atoms with Gasteiger partial charge in [0.25, 0.3) is 5.91 Å². The predicted octanol–water partition coefficient (Wildman–Crippen LogP) is 1.07. The van der Waals surface area contributed by atoms with Gasteiger partial charge >= 0.3 is 11.9 Å². The van der Waals surface area contributed by atoms with Gasteiger partial charge in [-0.1, -0.05) is 29.1 Å². The van der Waals surface area contributed by atoms with Gasteiger partial charge < -0.3 is 45.8 Å². The van der Waals surface area contributed by atoms with Gasteiger partial charge in [0.2, 0.25) is 11.5 Å². The van der Waals surface area contributed by atoms with Crippen molar-refractivity contribution in [2.24, 2.45) is 5.16 Å². The van der Waals surface area contributed by atoms with Crippen LogP contribution in [0.4, 0.5) is 5.13 Å². The summed E-state index contributed by atoms with van der Waals surface area (Å²) in [5, 5.41) is 45.8. The molecule has 0 saturated carbocycles. The molecule has 16 nitrogen and oxygen atoms in total. The third-order valence-corrected chi connectivity index (χ3v) is 8.81. The zero-order valence-electron chi connectivity index (χ0n) is 23.0. The van der Waals surface area contributed by atoms with Crippen LogP contribution in [0.1, 0.15) is 19.5 Å². The first-order valence-corrected chi connectivity index (χ1v) is 14.5. The van der Waals surface area contributed by atoms with Gasteiger partial charge in [-0.15, -0.1) is 11.3 Å². The van der Waals surface area contributed by atoms with Crippen LogP contribution in [0, 0.1) is 0 Å². The molecule has 3 aromatic rings. The normalized spacial score (nSPS) is 18.8. The summed E-state index contributed by atoms with van der Waals surface area (Å²) in [7, 11) is 0. The number of hydrogen-bond acceptors (Lipinski definition) is 13. The first-order chi connectivity index (χ1) is 20.8. The maximum absolute atomic E-state index is 13.2. The number of nitrogen functional groups attached to an aromatic ring is 1. The molecule has 18 heteroatoms. The Labute approximate surface area is 256 Å². The number of hydrogen-bond donors (Lipinski definition) is 6. The molecule has 230 valence electrons. The molecule has 1 fully saturated rings. The second-order valence-corrected chi connectivity index (χ2v) is 12.1. The lowest BCUT2D eigenvalue weighted by Gasteiger charge is -2.49. The molecule has 1 saturated heterocycles. The highest BCUT2D eigenvalue weighted by atomic mass is 32.2. The molecule has 44 heavy (non-hydrogen) atoms. The number of β-lactam (4-membered cyclic amide) rings is 1. The number of thiazole rings is 1. The highest BCUT2D eigenvalue weighted by molar-refractivity contribution is 8.04. The van der Waals surface area contributed by atoms with Crippen molar-refractivity contribution in [1.82, 2.24) is 24.8 Å². The molecule has 2 aliphatic heterocycles. The van der Waals surface area contributed by atoms with Crippen LogP contribution >= 0.6 is 23.1 Å². The maximum Gasteiger partial charge on any atom is 0.350 e. The van der Waals surface area contributed by atoms with E-state index in [1.54, 1.807) is 16.7 Å². The maximum atomic E-state index is 13.2. The number of anilines is 1. The molecule has 4 heterocycles. The number of rotatable bonds is 10. The topological polar surface area (TPSA) is 243 Å². The summed E-state index contributed by atoms with van der Waals surface area (Å²) in [5.74, 6) is -4.52. The number of oxime groups is 1. The molecule has 2 amide bonds. The minimum atomic E-state index is -1.78. The molecule has 1 aromatic carbocycles. The molecular weight excluding hydrogens is 618 g/mol. The standard InChI is InChI=1S/C26H25N7O9S2/c1-26(2,24(40)41)42-31-17(13-9-43-25(27)29-13)20(36)30-18-21(37)33-8-11(19(23(38)39)44-22(18)33)4-3-5-32-10-28-12-6-15(34)16(35)7-14(12)32/h3-4,6-7,9-10,18,22,34-35H,5,8H2,1-2H3,(H2,27,29)(H,30,36)(H,38,39)(H,40,41)/b4-3+,31-17+/t18?,22-/m0/s1. The summed E-state index contributed by atoms with van der Waals surface area (Å²) >= 11 is 1.90. The van der Waals surface area contributed by atoms with E-state index < -0.39 is 46.5 Å². The van der Waals surface area contributed by atoms with E-state index in [1.165, 1.54) is 42.6 Å². The number of imidazole rings is 1. The Bertz CT molecular complexity index is 1790. The second-order valence-electron chi connectivity index (χ2n) is 10.1. The van der Waals surface area contributed by atoms with Gasteiger partial charge in [0.15, 0.2) is 22.3 Å². The molecular formula is C26H25N7O9S2. The number of aromatic hydroxyl groups is 2. The summed E-state index contributed by atoms with van der Waals surface area (Å²) in [6.07, 6.45) is 4.76. The Hall–Kier alpha value is -5.10. The number of amides is 2. The van der Waals surface area contributed by atoms with Crippen molar-refractivity contribution in [2.45, 2.75) is 37.4 Å². The number of carboxylic acid groups (broad SMARTS) is 2. The smallest absolute Gasteiger partial charge is 0.350 e. The SMILES string of the molecule is CC(C)(O/N=C(/C(=O)NC1C(=O)N2CC(/C=C/Cn3cnc4cc(O)c(O)cc43)=C(C(=O)O)S[C@@H]12)c1csc(N)n1)C(=O)O. The van der Waals surface area contributed by atoms with Crippen LogP contribution in [0.25, 0.3) is 11.0 Å². The van der Waals surface area contributed by atoms with Gasteiger partial charge in [-0.25, -0.2) is 19.6 Å². The van der Waals surface area contributed by atoms with Crippen molar-refractivity contribution in [2.75, 3.05) is 12.3 Å². The van der Waals surface area contributed by atoms with E-state index in [9.17, 15) is 39.6 Å². The van der Waals surface area contributed by atoms with E-state index >= 15 is 0 Å². The van der Waals surface area contributed by atoms with Crippen molar-refractivity contribution in [1.29, 1.82) is 0 Å². The summed E-state index contributed by atoms with van der Waals surface area (Å²) in [6.45, 7) is 2.69. The van der Waals surface area contributed by atoms with Crippen LogP contribution < -0.4 is 11.1 Å². The fourth-order valence-electron chi connectivity index (χ4n) is 4.27. The van der Waals surface area contributed by atoms with E-state index in [2.05, 4.69) is 20.4 Å². The molecule has 0 bridgehead atoms. The molecule has 0 aliphatic carbocycles. The van der Waals surface area contributed by atoms with Crippen LogP contribution in [0.3, 0.4) is 0 Å². The number of carbonyl (C=O) groups excluding carboxylic acids is 2. The number of nitrogens with one attached hydrogen (secondary N) is 1. The van der Waals surface area contributed by atoms with E-state index in [0.717, 1.165) is 23.1 Å². The quantitative estimate of drug-likeness (QED) is 0.0785. The van der Waals surface area contributed by atoms with Gasteiger partial charge in [-0.05, 0) is 19.4 Å². The van der Waals surface area contributed by atoms with Crippen LogP contribution in [0.15, 0.2) is 51.6 Å². The van der Waals surface area contributed by atoms with E-state index in [1.807, 2.05) is 0 Å². The first-order valence-electron chi connectivity index (χ1n) is 12.8. The number of aliphatic carboxylic acids is 2. The van der Waals surface area contributed by atoms with Crippen molar-refractivity contribution in [3.05, 3.63) is 52.2 Å². The fraction of sp³-hybridized carbons (Fsp3) is 0.269. The number of nitrogens with two attached hydrogens (primary N) is 1. The fourth-order valence-corrected chi connectivity index (χ4v) is 6.07. The number of phenols is 2. The second kappa shape index (κ2) is 11.5. The van der Waals surface area contributed by atoms with Crippen molar-refractivity contribution >= 4 is 68.7 Å². The number of phenolic OH excluding ortho intramolecular Hbond substituents is 2. The average molecular weight is 644 g/mol. The average Bonchev–Trinajstić information content (AvgIpc) is 3.57. The Morgan fingerprint density at radius 2 is 1.98 bits per heavy atom. The summed E-state index contributed by atoms with van der Waals surface area (Å²) in [6, 6.07) is 1.58. The number of carbonyl (C=O) groups is 4. The Morgan fingerprint density at radius 1 is 1.25 bits per heavy atom. The van der Waals surface area contributed by atoms with E-state index in [4.69, 9.17) is 10.6 Å². The third-order valence-electron chi connectivity index (χ3n) is 6.69. The van der Waals surface area contributed by atoms with Gasteiger partial charge in [-0.2, -0.15) is 0 Å². The highest BCUT2D eigenvalue weighted by Crippen LogP contribution is 2.41. The molecule has 2 aliphatic rings. The number of thioether (sulfide) groups is 1. The minimum Gasteiger partial charge on any atom is -0.504 e. The molecule has 1 unspecified atom stereocenters. The van der Waals surface area contributed by atoms with Crippen molar-refractivity contribution < 1.29 is 44.4 Å².